The summed E-state index contributed by atoms with van der Waals surface area (Å²) in [4.78, 5) is 4.19. The Morgan fingerprint density at radius 3 is 2.94 bits per heavy atom. The van der Waals surface area contributed by atoms with Crippen LogP contribution in [0.5, 0.6) is 0 Å². The molecule has 0 fully saturated rings. The molecule has 90 valence electrons. The quantitative estimate of drug-likeness (QED) is 0.946. The van der Waals surface area contributed by atoms with E-state index in [9.17, 15) is 4.39 Å². The molecule has 0 saturated heterocycles. The van der Waals surface area contributed by atoms with Gasteiger partial charge in [-0.2, -0.15) is 0 Å². The van der Waals surface area contributed by atoms with E-state index in [0.717, 1.165) is 11.3 Å². The summed E-state index contributed by atoms with van der Waals surface area (Å²) in [5.41, 5.74) is 7.70. The summed E-state index contributed by atoms with van der Waals surface area (Å²) in [7, 11) is 1.89. The predicted molar refractivity (Wildman–Crippen MR) is 67.9 cm³/mol. The average Bonchev–Trinajstić information content (AvgIpc) is 2.72. The molecule has 1 atom stereocenters. The number of aromatic nitrogens is 2. The lowest BCUT2D eigenvalue weighted by Crippen LogP contribution is -2.14. The van der Waals surface area contributed by atoms with Crippen LogP contribution in [0.25, 0.3) is 0 Å². The molecule has 0 aliphatic carbocycles. The molecule has 0 aliphatic rings. The highest BCUT2D eigenvalue weighted by Crippen LogP contribution is 2.24. The maximum absolute atomic E-state index is 13.3. The standard InChI is InChI=1S/C12H13BrFN3/c1-17-6-11(16-7-17)10(15)5-8-3-2-4-9(14)12(8)13/h2-4,6-7,10H,5,15H2,1H3. The van der Waals surface area contributed by atoms with E-state index in [-0.39, 0.29) is 11.9 Å². The lowest BCUT2D eigenvalue weighted by atomic mass is 10.0. The van der Waals surface area contributed by atoms with E-state index in [1.807, 2.05) is 23.9 Å². The Hall–Kier alpha value is -1.20. The van der Waals surface area contributed by atoms with Gasteiger partial charge < -0.3 is 10.3 Å². The number of hydrogen-bond donors (Lipinski definition) is 1. The van der Waals surface area contributed by atoms with Gasteiger partial charge in [0.1, 0.15) is 5.82 Å². The first kappa shape index (κ1) is 12.3. The number of halogens is 2. The zero-order chi connectivity index (χ0) is 12.4. The Kier molecular flexibility index (Phi) is 3.59. The average molecular weight is 298 g/mol. The van der Waals surface area contributed by atoms with Crippen LogP contribution in [0, 0.1) is 5.82 Å². The van der Waals surface area contributed by atoms with Gasteiger partial charge in [0.15, 0.2) is 0 Å². The zero-order valence-electron chi connectivity index (χ0n) is 9.40. The smallest absolute Gasteiger partial charge is 0.137 e. The van der Waals surface area contributed by atoms with Gasteiger partial charge in [-0.1, -0.05) is 12.1 Å². The molecule has 0 saturated carbocycles. The minimum atomic E-state index is -0.268. The van der Waals surface area contributed by atoms with Gasteiger partial charge in [0, 0.05) is 13.2 Å². The summed E-state index contributed by atoms with van der Waals surface area (Å²) in [6.07, 6.45) is 4.13. The van der Waals surface area contributed by atoms with Crippen molar-refractivity contribution in [1.29, 1.82) is 0 Å². The molecule has 1 heterocycles. The maximum Gasteiger partial charge on any atom is 0.137 e. The minimum Gasteiger partial charge on any atom is -0.340 e. The van der Waals surface area contributed by atoms with Crippen molar-refractivity contribution in [3.8, 4) is 0 Å². The highest BCUT2D eigenvalue weighted by atomic mass is 79.9. The third-order valence-electron chi connectivity index (χ3n) is 2.58. The molecule has 2 aromatic rings. The molecule has 1 aromatic carbocycles. The topological polar surface area (TPSA) is 43.8 Å². The molecule has 1 unspecified atom stereocenters. The second kappa shape index (κ2) is 4.98. The van der Waals surface area contributed by atoms with E-state index in [2.05, 4.69) is 20.9 Å². The van der Waals surface area contributed by atoms with Gasteiger partial charge in [0.25, 0.3) is 0 Å². The molecular formula is C12H13BrFN3. The van der Waals surface area contributed by atoms with Crippen LogP contribution in [-0.2, 0) is 13.5 Å². The van der Waals surface area contributed by atoms with Crippen molar-refractivity contribution in [3.05, 3.63) is 52.3 Å². The minimum absolute atomic E-state index is 0.228. The fraction of sp³-hybridized carbons (Fsp3) is 0.250. The molecule has 0 amide bonds. The van der Waals surface area contributed by atoms with Gasteiger partial charge in [-0.25, -0.2) is 9.37 Å². The number of nitrogens with two attached hydrogens (primary N) is 1. The van der Waals surface area contributed by atoms with Crippen LogP contribution in [0.3, 0.4) is 0 Å². The van der Waals surface area contributed by atoms with Crippen LogP contribution in [0.15, 0.2) is 35.2 Å². The molecule has 17 heavy (non-hydrogen) atoms. The monoisotopic (exact) mass is 297 g/mol. The van der Waals surface area contributed by atoms with Gasteiger partial charge in [0.2, 0.25) is 0 Å². The van der Waals surface area contributed by atoms with Crippen molar-refractivity contribution >= 4 is 15.9 Å². The Morgan fingerprint density at radius 1 is 1.53 bits per heavy atom. The number of imidazole rings is 1. The van der Waals surface area contributed by atoms with E-state index >= 15 is 0 Å². The first-order valence-corrected chi connectivity index (χ1v) is 6.03. The van der Waals surface area contributed by atoms with E-state index in [1.165, 1.54) is 6.07 Å². The number of hydrogen-bond acceptors (Lipinski definition) is 2. The lowest BCUT2D eigenvalue weighted by Gasteiger charge is -2.10. The third-order valence-corrected chi connectivity index (χ3v) is 3.46. The Labute approximate surface area is 108 Å². The van der Waals surface area contributed by atoms with Crippen LogP contribution in [0.4, 0.5) is 4.39 Å². The van der Waals surface area contributed by atoms with Crippen molar-refractivity contribution < 1.29 is 4.39 Å². The molecule has 2 N–H and O–H groups in total. The second-order valence-electron chi connectivity index (χ2n) is 3.99. The number of aryl methyl sites for hydroxylation is 1. The fourth-order valence-corrected chi connectivity index (χ4v) is 2.10. The molecule has 1 aromatic heterocycles. The number of benzene rings is 1. The molecular weight excluding hydrogens is 285 g/mol. The SMILES string of the molecule is Cn1cnc(C(N)Cc2cccc(F)c2Br)c1. The molecule has 0 aliphatic heterocycles. The third kappa shape index (κ3) is 2.73. The van der Waals surface area contributed by atoms with Gasteiger partial charge in [-0.05, 0) is 34.0 Å². The van der Waals surface area contributed by atoms with Gasteiger partial charge in [0.05, 0.1) is 22.5 Å². The van der Waals surface area contributed by atoms with Crippen molar-refractivity contribution in [3.63, 3.8) is 0 Å². The normalized spacial score (nSPS) is 12.7. The Morgan fingerprint density at radius 2 is 2.29 bits per heavy atom. The summed E-state index contributed by atoms with van der Waals surface area (Å²) >= 11 is 3.23. The van der Waals surface area contributed by atoms with E-state index in [4.69, 9.17) is 5.73 Å². The van der Waals surface area contributed by atoms with Gasteiger partial charge >= 0.3 is 0 Å². The highest BCUT2D eigenvalue weighted by molar-refractivity contribution is 9.10. The van der Waals surface area contributed by atoms with Crippen LogP contribution >= 0.6 is 15.9 Å². The van der Waals surface area contributed by atoms with Crippen molar-refractivity contribution in [1.82, 2.24) is 9.55 Å². The molecule has 5 heteroatoms. The molecule has 0 bridgehead atoms. The number of rotatable bonds is 3. The summed E-state index contributed by atoms with van der Waals surface area (Å²) < 4.78 is 15.6. The maximum atomic E-state index is 13.3. The lowest BCUT2D eigenvalue weighted by molar-refractivity contribution is 0.613. The number of nitrogens with zero attached hydrogens (tertiary/aromatic N) is 2. The first-order valence-electron chi connectivity index (χ1n) is 5.24. The Bertz CT molecular complexity index is 524. The molecule has 2 rings (SSSR count). The van der Waals surface area contributed by atoms with Crippen molar-refractivity contribution in [2.24, 2.45) is 12.8 Å². The first-order chi connectivity index (χ1) is 8.08. The van der Waals surface area contributed by atoms with Crippen molar-refractivity contribution in [2.45, 2.75) is 12.5 Å². The Balaban J connectivity index is 2.18. The molecule has 3 nitrogen and oxygen atoms in total. The fourth-order valence-electron chi connectivity index (χ4n) is 1.67. The van der Waals surface area contributed by atoms with Gasteiger partial charge in [-0.15, -0.1) is 0 Å². The van der Waals surface area contributed by atoms with Crippen molar-refractivity contribution in [2.75, 3.05) is 0 Å². The van der Waals surface area contributed by atoms with E-state index in [0.29, 0.717) is 10.9 Å². The summed E-state index contributed by atoms with van der Waals surface area (Å²) in [6, 6.07) is 4.73. The summed E-state index contributed by atoms with van der Waals surface area (Å²) in [5, 5.41) is 0. The molecule has 0 spiro atoms. The van der Waals surface area contributed by atoms with E-state index < -0.39 is 0 Å². The predicted octanol–water partition coefficient (Wildman–Crippen LogP) is 2.56. The largest absolute Gasteiger partial charge is 0.340 e. The highest BCUT2D eigenvalue weighted by Gasteiger charge is 2.13. The van der Waals surface area contributed by atoms with Crippen LogP contribution < -0.4 is 5.73 Å². The van der Waals surface area contributed by atoms with Crippen LogP contribution in [-0.4, -0.2) is 9.55 Å². The van der Waals surface area contributed by atoms with Crippen LogP contribution in [0.2, 0.25) is 0 Å². The summed E-state index contributed by atoms with van der Waals surface area (Å²) in [5.74, 6) is -0.268. The van der Waals surface area contributed by atoms with Gasteiger partial charge in [-0.3, -0.25) is 0 Å². The second-order valence-corrected chi connectivity index (χ2v) is 4.78. The zero-order valence-corrected chi connectivity index (χ0v) is 11.0. The van der Waals surface area contributed by atoms with E-state index in [1.54, 1.807) is 12.4 Å². The van der Waals surface area contributed by atoms with Crippen LogP contribution in [0.1, 0.15) is 17.3 Å². The summed E-state index contributed by atoms with van der Waals surface area (Å²) in [6.45, 7) is 0. The molecule has 0 radical (unpaired) electrons.